The lowest BCUT2D eigenvalue weighted by molar-refractivity contribution is 0.102. The molecule has 0 radical (unpaired) electrons. The molecule has 0 aliphatic heterocycles. The van der Waals surface area contributed by atoms with Gasteiger partial charge in [-0.05, 0) is 36.8 Å². The number of nitrogens with one attached hydrogen (secondary N) is 1. The molecule has 0 saturated carbocycles. The fourth-order valence-corrected chi connectivity index (χ4v) is 1.93. The normalized spacial score (nSPS) is 10.2. The number of benzene rings is 2. The highest BCUT2D eigenvalue weighted by Crippen LogP contribution is 2.24. The highest BCUT2D eigenvalue weighted by atomic mass is 35.5. The lowest BCUT2D eigenvalue weighted by Gasteiger charge is -2.09. The monoisotopic (exact) mass is 293 g/mol. The number of anilines is 1. The van der Waals surface area contributed by atoms with E-state index in [4.69, 9.17) is 16.3 Å². The summed E-state index contributed by atoms with van der Waals surface area (Å²) in [4.78, 5) is 12.1. The van der Waals surface area contributed by atoms with Gasteiger partial charge in [0, 0.05) is 5.56 Å². The number of halogens is 2. The molecule has 104 valence electrons. The molecule has 0 aliphatic carbocycles. The molecular weight excluding hydrogens is 281 g/mol. The van der Waals surface area contributed by atoms with Gasteiger partial charge in [-0.3, -0.25) is 4.79 Å². The third kappa shape index (κ3) is 2.91. The SMILES string of the molecule is COc1cc(C(=O)Nc2cccc(Cl)c2F)ccc1C. The van der Waals surface area contributed by atoms with Gasteiger partial charge in [0.15, 0.2) is 5.82 Å². The predicted octanol–water partition coefficient (Wildman–Crippen LogP) is 4.05. The highest BCUT2D eigenvalue weighted by molar-refractivity contribution is 6.31. The van der Waals surface area contributed by atoms with Gasteiger partial charge in [0.2, 0.25) is 0 Å². The van der Waals surface area contributed by atoms with Crippen molar-refractivity contribution in [3.63, 3.8) is 0 Å². The maximum atomic E-state index is 13.7. The summed E-state index contributed by atoms with van der Waals surface area (Å²) in [6.07, 6.45) is 0. The largest absolute Gasteiger partial charge is 0.496 e. The molecule has 0 fully saturated rings. The van der Waals surface area contributed by atoms with Crippen LogP contribution in [-0.4, -0.2) is 13.0 Å². The van der Waals surface area contributed by atoms with Crippen molar-refractivity contribution >= 4 is 23.2 Å². The first-order chi connectivity index (χ1) is 9.52. The lowest BCUT2D eigenvalue weighted by Crippen LogP contribution is -2.13. The fraction of sp³-hybridized carbons (Fsp3) is 0.133. The van der Waals surface area contributed by atoms with Crippen molar-refractivity contribution in [1.82, 2.24) is 0 Å². The first-order valence-corrected chi connectivity index (χ1v) is 6.30. The second-order valence-corrected chi connectivity index (χ2v) is 4.65. The number of hydrogen-bond donors (Lipinski definition) is 1. The van der Waals surface area contributed by atoms with Crippen LogP contribution in [0, 0.1) is 12.7 Å². The molecule has 0 aromatic heterocycles. The lowest BCUT2D eigenvalue weighted by atomic mass is 10.1. The van der Waals surface area contributed by atoms with Gasteiger partial charge >= 0.3 is 0 Å². The van der Waals surface area contributed by atoms with Gasteiger partial charge in [-0.2, -0.15) is 0 Å². The van der Waals surface area contributed by atoms with E-state index < -0.39 is 11.7 Å². The summed E-state index contributed by atoms with van der Waals surface area (Å²) in [7, 11) is 1.53. The van der Waals surface area contributed by atoms with E-state index in [-0.39, 0.29) is 10.7 Å². The molecule has 2 rings (SSSR count). The van der Waals surface area contributed by atoms with E-state index in [2.05, 4.69) is 5.32 Å². The van der Waals surface area contributed by atoms with Crippen molar-refractivity contribution in [3.8, 4) is 5.75 Å². The zero-order valence-electron chi connectivity index (χ0n) is 11.0. The van der Waals surface area contributed by atoms with Crippen LogP contribution in [0.25, 0.3) is 0 Å². The van der Waals surface area contributed by atoms with Crippen molar-refractivity contribution in [2.75, 3.05) is 12.4 Å². The first kappa shape index (κ1) is 14.3. The van der Waals surface area contributed by atoms with Gasteiger partial charge in [-0.1, -0.05) is 23.7 Å². The van der Waals surface area contributed by atoms with Crippen molar-refractivity contribution in [1.29, 1.82) is 0 Å². The summed E-state index contributed by atoms with van der Waals surface area (Å²) in [6, 6.07) is 9.45. The first-order valence-electron chi connectivity index (χ1n) is 5.93. The average molecular weight is 294 g/mol. The van der Waals surface area contributed by atoms with Gasteiger partial charge in [-0.25, -0.2) is 4.39 Å². The summed E-state index contributed by atoms with van der Waals surface area (Å²) in [6.45, 7) is 1.87. The molecule has 0 heterocycles. The second-order valence-electron chi connectivity index (χ2n) is 4.24. The zero-order valence-corrected chi connectivity index (χ0v) is 11.8. The Labute approximate surface area is 121 Å². The average Bonchev–Trinajstić information content (AvgIpc) is 2.44. The Bertz CT molecular complexity index is 658. The fourth-order valence-electron chi connectivity index (χ4n) is 1.76. The number of amides is 1. The van der Waals surface area contributed by atoms with Gasteiger partial charge in [-0.15, -0.1) is 0 Å². The molecule has 0 unspecified atom stereocenters. The van der Waals surface area contributed by atoms with Crippen LogP contribution in [-0.2, 0) is 0 Å². The summed E-state index contributed by atoms with van der Waals surface area (Å²) in [5.74, 6) is -0.477. The van der Waals surface area contributed by atoms with E-state index in [0.29, 0.717) is 11.3 Å². The molecule has 1 amide bonds. The molecule has 2 aromatic carbocycles. The molecule has 3 nitrogen and oxygen atoms in total. The molecule has 2 aromatic rings. The van der Waals surface area contributed by atoms with E-state index in [9.17, 15) is 9.18 Å². The molecule has 1 N–H and O–H groups in total. The van der Waals surface area contributed by atoms with Crippen LogP contribution in [0.1, 0.15) is 15.9 Å². The number of ether oxygens (including phenoxy) is 1. The minimum absolute atomic E-state index is 0.0377. The number of hydrogen-bond acceptors (Lipinski definition) is 2. The maximum Gasteiger partial charge on any atom is 0.255 e. The Balaban J connectivity index is 2.26. The Morgan fingerprint density at radius 3 is 2.75 bits per heavy atom. The van der Waals surface area contributed by atoms with Crippen LogP contribution >= 0.6 is 11.6 Å². The highest BCUT2D eigenvalue weighted by Gasteiger charge is 2.12. The topological polar surface area (TPSA) is 38.3 Å². The smallest absolute Gasteiger partial charge is 0.255 e. The molecule has 5 heteroatoms. The van der Waals surface area contributed by atoms with Crippen LogP contribution in [0.15, 0.2) is 36.4 Å². The van der Waals surface area contributed by atoms with E-state index in [1.165, 1.54) is 19.2 Å². The van der Waals surface area contributed by atoms with Crippen molar-refractivity contribution in [3.05, 3.63) is 58.4 Å². The van der Waals surface area contributed by atoms with Crippen LogP contribution in [0.3, 0.4) is 0 Å². The van der Waals surface area contributed by atoms with E-state index in [1.54, 1.807) is 24.3 Å². The molecule has 0 saturated heterocycles. The van der Waals surface area contributed by atoms with Gasteiger partial charge < -0.3 is 10.1 Å². The Morgan fingerprint density at radius 2 is 2.05 bits per heavy atom. The third-order valence-corrected chi connectivity index (χ3v) is 3.16. The molecule has 0 atom stereocenters. The number of carbonyl (C=O) groups is 1. The molecule has 20 heavy (non-hydrogen) atoms. The van der Waals surface area contributed by atoms with Crippen molar-refractivity contribution in [2.45, 2.75) is 6.92 Å². The number of carbonyl (C=O) groups excluding carboxylic acids is 1. The summed E-state index contributed by atoms with van der Waals surface area (Å²) >= 11 is 5.67. The predicted molar refractivity (Wildman–Crippen MR) is 77.1 cm³/mol. The number of methoxy groups -OCH3 is 1. The molecule has 0 aliphatic rings. The van der Waals surface area contributed by atoms with Crippen molar-refractivity contribution < 1.29 is 13.9 Å². The van der Waals surface area contributed by atoms with Crippen molar-refractivity contribution in [2.24, 2.45) is 0 Å². The minimum atomic E-state index is -0.651. The second kappa shape index (κ2) is 5.92. The quantitative estimate of drug-likeness (QED) is 0.927. The summed E-state index contributed by atoms with van der Waals surface area (Å²) < 4.78 is 18.9. The number of aryl methyl sites for hydroxylation is 1. The Morgan fingerprint density at radius 1 is 1.30 bits per heavy atom. The third-order valence-electron chi connectivity index (χ3n) is 2.87. The van der Waals surface area contributed by atoms with Crippen LogP contribution in [0.2, 0.25) is 5.02 Å². The van der Waals surface area contributed by atoms with E-state index in [1.807, 2.05) is 6.92 Å². The molecule has 0 spiro atoms. The molecule has 0 bridgehead atoms. The molecular formula is C15H13ClFNO2. The van der Waals surface area contributed by atoms with Crippen LogP contribution in [0.4, 0.5) is 10.1 Å². The summed E-state index contributed by atoms with van der Waals surface area (Å²) in [5, 5.41) is 2.45. The number of rotatable bonds is 3. The standard InChI is InChI=1S/C15H13ClFNO2/c1-9-6-7-10(8-13(9)20-2)15(19)18-12-5-3-4-11(16)14(12)17/h3-8H,1-2H3,(H,18,19). The van der Waals surface area contributed by atoms with Gasteiger partial charge in [0.25, 0.3) is 5.91 Å². The Hall–Kier alpha value is -2.07. The van der Waals surface area contributed by atoms with Gasteiger partial charge in [0.1, 0.15) is 5.75 Å². The maximum absolute atomic E-state index is 13.7. The summed E-state index contributed by atoms with van der Waals surface area (Å²) in [5.41, 5.74) is 1.34. The van der Waals surface area contributed by atoms with E-state index >= 15 is 0 Å². The Kier molecular flexibility index (Phi) is 4.25. The zero-order chi connectivity index (χ0) is 14.7. The van der Waals surface area contributed by atoms with E-state index in [0.717, 1.165) is 5.56 Å². The van der Waals surface area contributed by atoms with Crippen LogP contribution in [0.5, 0.6) is 5.75 Å². The minimum Gasteiger partial charge on any atom is -0.496 e. The van der Waals surface area contributed by atoms with Gasteiger partial charge in [0.05, 0.1) is 17.8 Å². The van der Waals surface area contributed by atoms with Crippen LogP contribution < -0.4 is 10.1 Å².